The smallest absolute Gasteiger partial charge is 0.142 e. The lowest BCUT2D eigenvalue weighted by atomic mass is 10.2. The van der Waals surface area contributed by atoms with Gasteiger partial charge in [-0.1, -0.05) is 31.2 Å². The van der Waals surface area contributed by atoms with Crippen molar-refractivity contribution in [3.05, 3.63) is 54.1 Å². The van der Waals surface area contributed by atoms with Crippen molar-refractivity contribution in [1.29, 1.82) is 0 Å². The highest BCUT2D eigenvalue weighted by Gasteiger charge is 2.05. The highest BCUT2D eigenvalue weighted by Crippen LogP contribution is 2.25. The predicted octanol–water partition coefficient (Wildman–Crippen LogP) is 5.26. The Bertz CT molecular complexity index is 593. The Morgan fingerprint density at radius 1 is 0.913 bits per heavy atom. The van der Waals surface area contributed by atoms with Gasteiger partial charge in [0.25, 0.3) is 0 Å². The van der Waals surface area contributed by atoms with Crippen LogP contribution in [0.15, 0.2) is 48.5 Å². The molecule has 1 N–H and O–H groups in total. The molecule has 0 radical (unpaired) electrons. The first kappa shape index (κ1) is 17.2. The fourth-order valence-corrected chi connectivity index (χ4v) is 2.17. The van der Waals surface area contributed by atoms with Crippen molar-refractivity contribution in [2.75, 3.05) is 5.32 Å². The fourth-order valence-electron chi connectivity index (χ4n) is 2.17. The largest absolute Gasteiger partial charge is 0.491 e. The number of nitrogens with one attached hydrogen (secondary N) is 1. The number of anilines is 1. The lowest BCUT2D eigenvalue weighted by Crippen LogP contribution is -2.10. The van der Waals surface area contributed by atoms with E-state index in [0.29, 0.717) is 0 Å². The molecule has 124 valence electrons. The molecule has 3 nitrogen and oxygen atoms in total. The van der Waals surface area contributed by atoms with E-state index in [1.54, 1.807) is 0 Å². The maximum atomic E-state index is 5.83. The van der Waals surface area contributed by atoms with Crippen LogP contribution >= 0.6 is 0 Å². The number of hydrogen-bond acceptors (Lipinski definition) is 3. The average Bonchev–Trinajstić information content (AvgIpc) is 2.55. The van der Waals surface area contributed by atoms with Gasteiger partial charge in [0, 0.05) is 6.54 Å². The summed E-state index contributed by atoms with van der Waals surface area (Å²) >= 11 is 0. The lowest BCUT2D eigenvalue weighted by molar-refractivity contribution is 0.217. The molecule has 23 heavy (non-hydrogen) atoms. The number of benzene rings is 2. The molecule has 0 bridgehead atoms. The molecule has 0 spiro atoms. The van der Waals surface area contributed by atoms with Gasteiger partial charge in [0.2, 0.25) is 0 Å². The Hall–Kier alpha value is -2.16. The summed E-state index contributed by atoms with van der Waals surface area (Å²) in [5, 5.41) is 3.44. The maximum Gasteiger partial charge on any atom is 0.142 e. The van der Waals surface area contributed by atoms with E-state index in [1.165, 1.54) is 5.56 Å². The molecule has 3 heteroatoms. The number of rotatable bonds is 8. The van der Waals surface area contributed by atoms with Gasteiger partial charge in [-0.05, 0) is 57.0 Å². The quantitative estimate of drug-likeness (QED) is 0.720. The third-order valence-electron chi connectivity index (χ3n) is 3.57. The first-order valence-electron chi connectivity index (χ1n) is 8.33. The van der Waals surface area contributed by atoms with Crippen LogP contribution < -0.4 is 14.8 Å². The summed E-state index contributed by atoms with van der Waals surface area (Å²) in [5.74, 6) is 1.81. The Balaban J connectivity index is 1.96. The van der Waals surface area contributed by atoms with Gasteiger partial charge in [0.15, 0.2) is 0 Å². The molecule has 0 saturated heterocycles. The van der Waals surface area contributed by atoms with Crippen molar-refractivity contribution in [3.8, 4) is 11.5 Å². The van der Waals surface area contributed by atoms with Crippen LogP contribution in [0.5, 0.6) is 11.5 Å². The summed E-state index contributed by atoms with van der Waals surface area (Å²) in [6.45, 7) is 9.03. The van der Waals surface area contributed by atoms with Crippen LogP contribution in [-0.2, 0) is 6.54 Å². The molecule has 1 unspecified atom stereocenters. The van der Waals surface area contributed by atoms with E-state index in [2.05, 4.69) is 31.3 Å². The van der Waals surface area contributed by atoms with Crippen LogP contribution in [0.3, 0.4) is 0 Å². The third kappa shape index (κ3) is 5.51. The summed E-state index contributed by atoms with van der Waals surface area (Å²) in [4.78, 5) is 0. The summed E-state index contributed by atoms with van der Waals surface area (Å²) in [6, 6.07) is 16.3. The van der Waals surface area contributed by atoms with Crippen molar-refractivity contribution >= 4 is 5.69 Å². The molecule has 0 aromatic heterocycles. The minimum atomic E-state index is 0.162. The van der Waals surface area contributed by atoms with Crippen molar-refractivity contribution in [2.45, 2.75) is 52.9 Å². The van der Waals surface area contributed by atoms with E-state index in [9.17, 15) is 0 Å². The fraction of sp³-hybridized carbons (Fsp3) is 0.400. The molecule has 0 amide bonds. The molecular weight excluding hydrogens is 286 g/mol. The van der Waals surface area contributed by atoms with E-state index in [4.69, 9.17) is 9.47 Å². The van der Waals surface area contributed by atoms with E-state index < -0.39 is 0 Å². The van der Waals surface area contributed by atoms with E-state index in [1.807, 2.05) is 50.2 Å². The van der Waals surface area contributed by atoms with Gasteiger partial charge in [0.1, 0.15) is 11.5 Å². The molecule has 0 aliphatic heterocycles. The molecule has 0 aliphatic rings. The second kappa shape index (κ2) is 8.47. The highest BCUT2D eigenvalue weighted by atomic mass is 16.5. The van der Waals surface area contributed by atoms with E-state index in [-0.39, 0.29) is 12.2 Å². The Labute approximate surface area is 139 Å². The van der Waals surface area contributed by atoms with Gasteiger partial charge in [-0.2, -0.15) is 0 Å². The number of para-hydroxylation sites is 2. The summed E-state index contributed by atoms with van der Waals surface area (Å²) in [7, 11) is 0. The summed E-state index contributed by atoms with van der Waals surface area (Å²) < 4.78 is 11.6. The monoisotopic (exact) mass is 313 g/mol. The van der Waals surface area contributed by atoms with Crippen LogP contribution in [0.4, 0.5) is 5.69 Å². The van der Waals surface area contributed by atoms with Crippen LogP contribution in [0.2, 0.25) is 0 Å². The average molecular weight is 313 g/mol. The molecule has 1 atom stereocenters. The first-order valence-corrected chi connectivity index (χ1v) is 8.33. The van der Waals surface area contributed by atoms with Gasteiger partial charge in [-0.15, -0.1) is 0 Å². The van der Waals surface area contributed by atoms with Crippen LogP contribution in [-0.4, -0.2) is 12.2 Å². The molecule has 0 saturated carbocycles. The topological polar surface area (TPSA) is 30.5 Å². The van der Waals surface area contributed by atoms with Crippen molar-refractivity contribution in [1.82, 2.24) is 0 Å². The maximum absolute atomic E-state index is 5.83. The van der Waals surface area contributed by atoms with E-state index >= 15 is 0 Å². The zero-order valence-corrected chi connectivity index (χ0v) is 14.5. The first-order chi connectivity index (χ1) is 11.1. The molecule has 0 heterocycles. The Kier molecular flexibility index (Phi) is 6.33. The predicted molar refractivity (Wildman–Crippen MR) is 96.4 cm³/mol. The highest BCUT2D eigenvalue weighted by molar-refractivity contribution is 5.56. The molecule has 2 aromatic rings. The molecule has 0 aliphatic carbocycles. The van der Waals surface area contributed by atoms with Gasteiger partial charge in [0.05, 0.1) is 17.9 Å². The Morgan fingerprint density at radius 3 is 2.26 bits per heavy atom. The van der Waals surface area contributed by atoms with Crippen molar-refractivity contribution in [3.63, 3.8) is 0 Å². The second-order valence-electron chi connectivity index (χ2n) is 6.00. The van der Waals surface area contributed by atoms with Gasteiger partial charge in [-0.25, -0.2) is 0 Å². The van der Waals surface area contributed by atoms with Crippen molar-refractivity contribution in [2.24, 2.45) is 0 Å². The lowest BCUT2D eigenvalue weighted by Gasteiger charge is -2.16. The van der Waals surface area contributed by atoms with Crippen molar-refractivity contribution < 1.29 is 9.47 Å². The van der Waals surface area contributed by atoms with Gasteiger partial charge < -0.3 is 14.8 Å². The molecular formula is C20H27NO2. The second-order valence-corrected chi connectivity index (χ2v) is 6.00. The van der Waals surface area contributed by atoms with Crippen LogP contribution in [0.25, 0.3) is 0 Å². The van der Waals surface area contributed by atoms with Crippen LogP contribution in [0, 0.1) is 0 Å². The molecule has 2 rings (SSSR count). The number of ether oxygens (including phenoxy) is 2. The SMILES string of the molecule is CCC(C)Oc1ccc(CNc2ccccc2OC(C)C)cc1. The number of hydrogen-bond donors (Lipinski definition) is 1. The molecule has 0 fully saturated rings. The zero-order valence-electron chi connectivity index (χ0n) is 14.5. The standard InChI is InChI=1S/C20H27NO2/c1-5-16(4)23-18-12-10-17(11-13-18)14-21-19-8-6-7-9-20(19)22-15(2)3/h6-13,15-16,21H,5,14H2,1-4H3. The zero-order chi connectivity index (χ0) is 16.7. The summed E-state index contributed by atoms with van der Waals surface area (Å²) in [6.07, 6.45) is 1.42. The normalized spacial score (nSPS) is 12.0. The summed E-state index contributed by atoms with van der Waals surface area (Å²) in [5.41, 5.74) is 2.22. The van der Waals surface area contributed by atoms with E-state index in [0.717, 1.165) is 30.2 Å². The van der Waals surface area contributed by atoms with Gasteiger partial charge >= 0.3 is 0 Å². The third-order valence-corrected chi connectivity index (χ3v) is 3.57. The minimum absolute atomic E-state index is 0.162. The van der Waals surface area contributed by atoms with Crippen LogP contribution in [0.1, 0.15) is 39.7 Å². The van der Waals surface area contributed by atoms with Gasteiger partial charge in [-0.3, -0.25) is 0 Å². The minimum Gasteiger partial charge on any atom is -0.491 e. The molecule has 2 aromatic carbocycles. The Morgan fingerprint density at radius 2 is 1.61 bits per heavy atom.